The second-order valence-corrected chi connectivity index (χ2v) is 4.59. The van der Waals surface area contributed by atoms with Crippen LogP contribution in [0, 0.1) is 0 Å². The zero-order valence-electron chi connectivity index (χ0n) is 9.62. The fourth-order valence-electron chi connectivity index (χ4n) is 1.74. The van der Waals surface area contributed by atoms with E-state index in [9.17, 15) is 0 Å². The Bertz CT molecular complexity index is 410. The lowest BCUT2D eigenvalue weighted by Crippen LogP contribution is -2.13. The summed E-state index contributed by atoms with van der Waals surface area (Å²) >= 11 is 0. The molecule has 0 N–H and O–H groups in total. The monoisotopic (exact) mass is 199 g/mol. The van der Waals surface area contributed by atoms with Crippen LogP contribution in [0.15, 0.2) is 47.0 Å². The Kier molecular flexibility index (Phi) is 2.47. The molecular weight excluding hydrogens is 182 g/mol. The standard InChI is InChI=1S/C14H17N/c1-11(2)9-10-14(3)13(15-14)12-7-5-4-6-8-12/h4-9H,10H2,1-3H3. The molecule has 0 saturated heterocycles. The van der Waals surface area contributed by atoms with Crippen molar-refractivity contribution >= 4 is 5.71 Å². The highest BCUT2D eigenvalue weighted by atomic mass is 15.0. The van der Waals surface area contributed by atoms with E-state index in [-0.39, 0.29) is 5.54 Å². The Hall–Kier alpha value is -1.37. The SMILES string of the molecule is CC(C)=CCC1(C)N=C1c1ccccc1. The summed E-state index contributed by atoms with van der Waals surface area (Å²) in [7, 11) is 0. The van der Waals surface area contributed by atoms with E-state index in [2.05, 4.69) is 56.1 Å². The van der Waals surface area contributed by atoms with E-state index < -0.39 is 0 Å². The van der Waals surface area contributed by atoms with Gasteiger partial charge in [0.15, 0.2) is 0 Å². The van der Waals surface area contributed by atoms with Gasteiger partial charge in [-0.3, -0.25) is 4.99 Å². The molecule has 1 heteroatoms. The predicted octanol–water partition coefficient (Wildman–Crippen LogP) is 3.60. The van der Waals surface area contributed by atoms with Crippen LogP contribution in [0.3, 0.4) is 0 Å². The average molecular weight is 199 g/mol. The van der Waals surface area contributed by atoms with Gasteiger partial charge in [0.25, 0.3) is 0 Å². The fraction of sp³-hybridized carbons (Fsp3) is 0.357. The van der Waals surface area contributed by atoms with Crippen molar-refractivity contribution in [2.75, 3.05) is 0 Å². The van der Waals surface area contributed by atoms with E-state index >= 15 is 0 Å². The first-order chi connectivity index (χ1) is 7.12. The number of benzene rings is 1. The van der Waals surface area contributed by atoms with Crippen LogP contribution in [0.25, 0.3) is 0 Å². The summed E-state index contributed by atoms with van der Waals surface area (Å²) in [5.41, 5.74) is 3.95. The molecule has 2 rings (SSSR count). The summed E-state index contributed by atoms with van der Waals surface area (Å²) < 4.78 is 0. The van der Waals surface area contributed by atoms with Crippen molar-refractivity contribution in [2.24, 2.45) is 4.99 Å². The van der Waals surface area contributed by atoms with Crippen molar-refractivity contribution in [3.63, 3.8) is 0 Å². The van der Waals surface area contributed by atoms with Gasteiger partial charge >= 0.3 is 0 Å². The quantitative estimate of drug-likeness (QED) is 0.659. The summed E-state index contributed by atoms with van der Waals surface area (Å²) in [5, 5.41) is 0. The molecule has 1 aromatic carbocycles. The van der Waals surface area contributed by atoms with Crippen LogP contribution in [0.2, 0.25) is 0 Å². The highest BCUT2D eigenvalue weighted by Crippen LogP contribution is 2.35. The molecule has 1 atom stereocenters. The zero-order chi connectivity index (χ0) is 10.9. The molecule has 1 aliphatic rings. The lowest BCUT2D eigenvalue weighted by Gasteiger charge is -2.05. The molecule has 78 valence electrons. The van der Waals surface area contributed by atoms with Gasteiger partial charge in [0.1, 0.15) is 5.54 Å². The second-order valence-electron chi connectivity index (χ2n) is 4.59. The number of allylic oxidation sites excluding steroid dienone is 1. The van der Waals surface area contributed by atoms with Gasteiger partial charge in [0, 0.05) is 0 Å². The Balaban J connectivity index is 2.06. The van der Waals surface area contributed by atoms with Gasteiger partial charge in [0.05, 0.1) is 5.71 Å². The van der Waals surface area contributed by atoms with Crippen molar-refractivity contribution in [3.8, 4) is 0 Å². The maximum Gasteiger partial charge on any atom is 0.104 e. The van der Waals surface area contributed by atoms with Gasteiger partial charge in [-0.1, -0.05) is 42.0 Å². The molecule has 1 aliphatic heterocycles. The van der Waals surface area contributed by atoms with Crippen LogP contribution in [0.4, 0.5) is 0 Å². The first-order valence-corrected chi connectivity index (χ1v) is 5.41. The molecule has 1 unspecified atom stereocenters. The minimum absolute atomic E-state index is 0.0681. The number of rotatable bonds is 3. The molecule has 0 aliphatic carbocycles. The highest BCUT2D eigenvalue weighted by Gasteiger charge is 2.41. The molecule has 0 saturated carbocycles. The highest BCUT2D eigenvalue weighted by molar-refractivity contribution is 6.16. The maximum absolute atomic E-state index is 4.60. The number of nitrogens with zero attached hydrogens (tertiary/aromatic N) is 1. The number of hydrogen-bond donors (Lipinski definition) is 0. The largest absolute Gasteiger partial charge is 0.273 e. The average Bonchev–Trinajstić information content (AvgIpc) is 2.90. The third-order valence-corrected chi connectivity index (χ3v) is 2.77. The van der Waals surface area contributed by atoms with Crippen molar-refractivity contribution in [3.05, 3.63) is 47.5 Å². The van der Waals surface area contributed by atoms with E-state index in [1.165, 1.54) is 16.8 Å². The minimum Gasteiger partial charge on any atom is -0.273 e. The van der Waals surface area contributed by atoms with Crippen LogP contribution in [0.5, 0.6) is 0 Å². The van der Waals surface area contributed by atoms with E-state index in [4.69, 9.17) is 0 Å². The third-order valence-electron chi connectivity index (χ3n) is 2.77. The van der Waals surface area contributed by atoms with Gasteiger partial charge in [-0.15, -0.1) is 0 Å². The van der Waals surface area contributed by atoms with Crippen molar-refractivity contribution in [1.82, 2.24) is 0 Å². The Labute approximate surface area is 91.6 Å². The van der Waals surface area contributed by atoms with E-state index in [1.54, 1.807) is 0 Å². The molecule has 15 heavy (non-hydrogen) atoms. The maximum atomic E-state index is 4.60. The van der Waals surface area contributed by atoms with Crippen LogP contribution in [-0.2, 0) is 0 Å². The van der Waals surface area contributed by atoms with Gasteiger partial charge in [-0.05, 0) is 32.8 Å². The first kappa shape index (κ1) is 10.2. The molecule has 0 spiro atoms. The summed E-state index contributed by atoms with van der Waals surface area (Å²) in [6.07, 6.45) is 3.29. The van der Waals surface area contributed by atoms with E-state index in [0.717, 1.165) is 6.42 Å². The Morgan fingerprint density at radius 2 is 1.93 bits per heavy atom. The molecular formula is C14H17N. The normalized spacial score (nSPS) is 23.3. The molecule has 0 fully saturated rings. The number of hydrogen-bond acceptors (Lipinski definition) is 1. The lowest BCUT2D eigenvalue weighted by molar-refractivity contribution is 0.741. The van der Waals surface area contributed by atoms with Gasteiger partial charge in [-0.25, -0.2) is 0 Å². The molecule has 0 aromatic heterocycles. The summed E-state index contributed by atoms with van der Waals surface area (Å²) in [6.45, 7) is 6.47. The van der Waals surface area contributed by atoms with E-state index in [0.29, 0.717) is 0 Å². The second kappa shape index (κ2) is 3.65. The van der Waals surface area contributed by atoms with Crippen LogP contribution >= 0.6 is 0 Å². The van der Waals surface area contributed by atoms with Crippen LogP contribution in [-0.4, -0.2) is 11.3 Å². The van der Waals surface area contributed by atoms with E-state index in [1.807, 2.05) is 6.07 Å². The van der Waals surface area contributed by atoms with Gasteiger partial charge in [-0.2, -0.15) is 0 Å². The van der Waals surface area contributed by atoms with Gasteiger partial charge < -0.3 is 0 Å². The molecule has 0 amide bonds. The topological polar surface area (TPSA) is 12.4 Å². The molecule has 0 bridgehead atoms. The summed E-state index contributed by atoms with van der Waals surface area (Å²) in [5.74, 6) is 0. The minimum atomic E-state index is 0.0681. The number of aliphatic imine (C=N–C) groups is 1. The molecule has 0 radical (unpaired) electrons. The summed E-state index contributed by atoms with van der Waals surface area (Å²) in [4.78, 5) is 4.60. The third kappa shape index (κ3) is 2.17. The molecule has 1 nitrogen and oxygen atoms in total. The zero-order valence-corrected chi connectivity index (χ0v) is 9.62. The Morgan fingerprint density at radius 1 is 1.27 bits per heavy atom. The smallest absolute Gasteiger partial charge is 0.104 e. The van der Waals surface area contributed by atoms with Crippen LogP contribution in [0.1, 0.15) is 32.8 Å². The Morgan fingerprint density at radius 3 is 2.53 bits per heavy atom. The van der Waals surface area contributed by atoms with Crippen LogP contribution < -0.4 is 0 Å². The summed E-state index contributed by atoms with van der Waals surface area (Å²) in [6, 6.07) is 10.4. The van der Waals surface area contributed by atoms with Gasteiger partial charge in [0.2, 0.25) is 0 Å². The van der Waals surface area contributed by atoms with Crippen molar-refractivity contribution in [2.45, 2.75) is 32.7 Å². The van der Waals surface area contributed by atoms with Crippen molar-refractivity contribution in [1.29, 1.82) is 0 Å². The van der Waals surface area contributed by atoms with Crippen molar-refractivity contribution < 1.29 is 0 Å². The fourth-order valence-corrected chi connectivity index (χ4v) is 1.74. The first-order valence-electron chi connectivity index (χ1n) is 5.41. The lowest BCUT2D eigenvalue weighted by atomic mass is 9.96. The molecule has 1 heterocycles. The molecule has 1 aromatic rings. The predicted molar refractivity (Wildman–Crippen MR) is 65.4 cm³/mol.